The van der Waals surface area contributed by atoms with E-state index in [1.165, 1.54) is 0 Å². The van der Waals surface area contributed by atoms with E-state index in [4.69, 9.17) is 35.3 Å². The zero-order valence-electron chi connectivity index (χ0n) is 5.20. The predicted octanol–water partition coefficient (Wildman–Crippen LogP) is -1.47. The SMILES string of the molecule is O=c1n(Cl)c(=O)n(Cl)c(=O)n1Cl.[KH]. The molecule has 1 aromatic heterocycles. The Morgan fingerprint density at radius 1 is 0.692 bits per heavy atom. The predicted molar refractivity (Wildman–Crippen MR) is 50.1 cm³/mol. The zero-order valence-corrected chi connectivity index (χ0v) is 7.47. The standard InChI is InChI=1S/C3Cl3N3O3.K.H/c4-7-1(10)8(5)3(12)9(6)2(7)11;;. The number of rotatable bonds is 0. The van der Waals surface area contributed by atoms with Crippen molar-refractivity contribution >= 4 is 86.7 Å². The fourth-order valence-corrected chi connectivity index (χ4v) is 1.05. The van der Waals surface area contributed by atoms with Crippen LogP contribution in [0, 0.1) is 0 Å². The first-order chi connectivity index (χ1) is 5.46. The molecule has 0 bridgehead atoms. The van der Waals surface area contributed by atoms with Gasteiger partial charge in [-0.1, -0.05) is 0 Å². The van der Waals surface area contributed by atoms with Gasteiger partial charge in [0, 0.05) is 35.3 Å². The summed E-state index contributed by atoms with van der Waals surface area (Å²) in [7, 11) is 0. The maximum atomic E-state index is 10.8. The molecule has 10 heteroatoms. The van der Waals surface area contributed by atoms with Gasteiger partial charge in [0.15, 0.2) is 0 Å². The summed E-state index contributed by atoms with van der Waals surface area (Å²) in [5.74, 6) is 0. The van der Waals surface area contributed by atoms with Crippen LogP contribution in [0.15, 0.2) is 14.4 Å². The summed E-state index contributed by atoms with van der Waals surface area (Å²) >= 11 is 15.3. The molecule has 0 atom stereocenters. The first-order valence-electron chi connectivity index (χ1n) is 2.46. The van der Waals surface area contributed by atoms with Crippen molar-refractivity contribution in [3.63, 3.8) is 0 Å². The van der Waals surface area contributed by atoms with Crippen molar-refractivity contribution < 1.29 is 0 Å². The molecule has 1 rings (SSSR count). The number of hydrogen-bond acceptors (Lipinski definition) is 3. The molecule has 0 amide bonds. The topological polar surface area (TPSA) is 66.0 Å². The third-order valence-electron chi connectivity index (χ3n) is 1.01. The van der Waals surface area contributed by atoms with Crippen molar-refractivity contribution in [1.29, 1.82) is 0 Å². The van der Waals surface area contributed by atoms with Crippen LogP contribution in [0.4, 0.5) is 0 Å². The van der Waals surface area contributed by atoms with Crippen molar-refractivity contribution in [2.24, 2.45) is 0 Å². The Labute approximate surface area is 128 Å². The molecule has 0 aliphatic heterocycles. The van der Waals surface area contributed by atoms with Gasteiger partial charge in [-0.05, 0) is 0 Å². The molecule has 68 valence electrons. The summed E-state index contributed by atoms with van der Waals surface area (Å²) < 4.78 is 0.254. The Morgan fingerprint density at radius 2 is 0.846 bits per heavy atom. The van der Waals surface area contributed by atoms with Crippen LogP contribution in [0.1, 0.15) is 0 Å². The fourth-order valence-electron chi connectivity index (χ4n) is 0.477. The summed E-state index contributed by atoms with van der Waals surface area (Å²) in [6.07, 6.45) is 0. The van der Waals surface area contributed by atoms with Gasteiger partial charge in [-0.25, -0.2) is 14.4 Å². The fraction of sp³-hybridized carbons (Fsp3) is 0. The van der Waals surface area contributed by atoms with Crippen molar-refractivity contribution in [3.05, 3.63) is 31.5 Å². The van der Waals surface area contributed by atoms with E-state index < -0.39 is 17.1 Å². The van der Waals surface area contributed by atoms with Crippen LogP contribution in [0.3, 0.4) is 0 Å². The van der Waals surface area contributed by atoms with Gasteiger partial charge in [0.1, 0.15) is 0 Å². The molecule has 1 aromatic rings. The van der Waals surface area contributed by atoms with E-state index in [0.29, 0.717) is 0 Å². The van der Waals surface area contributed by atoms with Crippen LogP contribution < -0.4 is 17.1 Å². The van der Waals surface area contributed by atoms with E-state index in [9.17, 15) is 14.4 Å². The van der Waals surface area contributed by atoms with Gasteiger partial charge in [0.05, 0.1) is 0 Å². The molecular weight excluding hydrogens is 272 g/mol. The summed E-state index contributed by atoms with van der Waals surface area (Å²) in [6.45, 7) is 0. The average molecular weight is 273 g/mol. The monoisotopic (exact) mass is 271 g/mol. The Balaban J connectivity index is 0.00000144. The first-order valence-corrected chi connectivity index (χ1v) is 3.48. The molecule has 0 aliphatic rings. The first kappa shape index (κ1) is 13.9. The van der Waals surface area contributed by atoms with Gasteiger partial charge >= 0.3 is 68.5 Å². The average Bonchev–Trinajstić information content (AvgIpc) is 2.08. The van der Waals surface area contributed by atoms with Crippen LogP contribution in [0.25, 0.3) is 0 Å². The van der Waals surface area contributed by atoms with E-state index in [0.717, 1.165) is 0 Å². The number of hydrogen-bond donors (Lipinski definition) is 0. The van der Waals surface area contributed by atoms with E-state index in [1.807, 2.05) is 0 Å². The molecule has 0 saturated heterocycles. The van der Waals surface area contributed by atoms with Gasteiger partial charge < -0.3 is 0 Å². The molecule has 0 unspecified atom stereocenters. The molecule has 0 saturated carbocycles. The molecular formula is C3HCl3KN3O3. The quantitative estimate of drug-likeness (QED) is 0.542. The Bertz CT molecular complexity index is 386. The van der Waals surface area contributed by atoms with Gasteiger partial charge in [-0.2, -0.15) is 0 Å². The molecule has 0 aromatic carbocycles. The van der Waals surface area contributed by atoms with E-state index in [-0.39, 0.29) is 63.6 Å². The molecule has 0 N–H and O–H groups in total. The molecule has 0 spiro atoms. The summed E-state index contributed by atoms with van der Waals surface area (Å²) in [6, 6.07) is 0. The maximum absolute atomic E-state index is 10.8. The van der Waals surface area contributed by atoms with Crippen molar-refractivity contribution in [3.8, 4) is 0 Å². The van der Waals surface area contributed by atoms with Crippen LogP contribution in [0.2, 0.25) is 0 Å². The summed E-state index contributed by atoms with van der Waals surface area (Å²) in [4.78, 5) is 32.3. The Hall–Kier alpha value is 0.916. The number of aromatic nitrogens is 3. The third kappa shape index (κ3) is 2.48. The molecule has 0 radical (unpaired) electrons. The van der Waals surface area contributed by atoms with Crippen LogP contribution in [-0.4, -0.2) is 63.6 Å². The van der Waals surface area contributed by atoms with Gasteiger partial charge in [0.2, 0.25) is 0 Å². The van der Waals surface area contributed by atoms with Crippen LogP contribution in [0.5, 0.6) is 0 Å². The molecule has 6 nitrogen and oxygen atoms in total. The number of nitrogens with zero attached hydrogens (tertiary/aromatic N) is 3. The molecule has 13 heavy (non-hydrogen) atoms. The van der Waals surface area contributed by atoms with Crippen molar-refractivity contribution in [2.45, 2.75) is 0 Å². The zero-order chi connectivity index (χ0) is 9.46. The van der Waals surface area contributed by atoms with Crippen molar-refractivity contribution in [1.82, 2.24) is 12.3 Å². The van der Waals surface area contributed by atoms with E-state index in [1.54, 1.807) is 0 Å². The van der Waals surface area contributed by atoms with Crippen LogP contribution in [-0.2, 0) is 0 Å². The number of halogens is 3. The van der Waals surface area contributed by atoms with Gasteiger partial charge in [-0.3, -0.25) is 0 Å². The van der Waals surface area contributed by atoms with E-state index in [2.05, 4.69) is 0 Å². The van der Waals surface area contributed by atoms with Crippen LogP contribution >= 0.6 is 35.3 Å². The second-order valence-electron chi connectivity index (χ2n) is 1.69. The molecule has 0 aliphatic carbocycles. The third-order valence-corrected chi connectivity index (χ3v) is 1.88. The van der Waals surface area contributed by atoms with Gasteiger partial charge in [0.25, 0.3) is 0 Å². The summed E-state index contributed by atoms with van der Waals surface area (Å²) in [5.41, 5.74) is -3.49. The minimum atomic E-state index is -1.16. The Morgan fingerprint density at radius 3 is 1.00 bits per heavy atom. The normalized spacial score (nSPS) is 9.46. The molecule has 1 heterocycles. The van der Waals surface area contributed by atoms with Crippen molar-refractivity contribution in [2.75, 3.05) is 0 Å². The second kappa shape index (κ2) is 5.13. The molecule has 0 fully saturated rings. The second-order valence-corrected chi connectivity index (χ2v) is 2.70. The minimum absolute atomic E-state index is 0. The van der Waals surface area contributed by atoms with E-state index >= 15 is 0 Å². The summed E-state index contributed by atoms with van der Waals surface area (Å²) in [5, 5.41) is 0. The van der Waals surface area contributed by atoms with Gasteiger partial charge in [-0.15, -0.1) is 12.3 Å². The Kier molecular flexibility index (Phi) is 5.49.